The molecule has 0 radical (unpaired) electrons. The molecular formula is C25H27BrN2O4S. The number of ether oxygens (including phenoxy) is 1. The number of carbonyl (C=O) groups is 1. The molecule has 0 heterocycles. The number of amides is 1. The van der Waals surface area contributed by atoms with E-state index in [4.69, 9.17) is 4.74 Å². The predicted molar refractivity (Wildman–Crippen MR) is 135 cm³/mol. The largest absolute Gasteiger partial charge is 0.484 e. The monoisotopic (exact) mass is 530 g/mol. The van der Waals surface area contributed by atoms with Crippen molar-refractivity contribution >= 4 is 37.5 Å². The summed E-state index contributed by atoms with van der Waals surface area (Å²) < 4.78 is 32.7. The number of aryl methyl sites for hydroxylation is 1. The molecule has 33 heavy (non-hydrogen) atoms. The van der Waals surface area contributed by atoms with Gasteiger partial charge in [0.25, 0.3) is 5.91 Å². The highest BCUT2D eigenvalue weighted by Gasteiger charge is 2.18. The molecule has 0 bridgehead atoms. The van der Waals surface area contributed by atoms with Crippen LogP contribution in [0.3, 0.4) is 0 Å². The van der Waals surface area contributed by atoms with Gasteiger partial charge in [-0.05, 0) is 61.4 Å². The van der Waals surface area contributed by atoms with Crippen molar-refractivity contribution in [1.82, 2.24) is 5.32 Å². The van der Waals surface area contributed by atoms with E-state index in [0.717, 1.165) is 21.2 Å². The van der Waals surface area contributed by atoms with Crippen LogP contribution in [0.4, 0.5) is 5.69 Å². The average molecular weight is 531 g/mol. The number of benzene rings is 3. The van der Waals surface area contributed by atoms with E-state index >= 15 is 0 Å². The maximum Gasteiger partial charge on any atom is 0.258 e. The van der Waals surface area contributed by atoms with Gasteiger partial charge in [-0.25, -0.2) is 8.42 Å². The molecule has 3 rings (SSSR count). The molecule has 6 nitrogen and oxygen atoms in total. The Hall–Kier alpha value is -2.84. The van der Waals surface area contributed by atoms with Gasteiger partial charge >= 0.3 is 0 Å². The quantitative estimate of drug-likeness (QED) is 0.423. The first-order chi connectivity index (χ1) is 15.6. The molecule has 1 atom stereocenters. The van der Waals surface area contributed by atoms with Gasteiger partial charge in [0, 0.05) is 4.47 Å². The Labute approximate surface area is 203 Å². The van der Waals surface area contributed by atoms with E-state index in [1.54, 1.807) is 24.3 Å². The van der Waals surface area contributed by atoms with Crippen molar-refractivity contribution in [3.8, 4) is 5.75 Å². The maximum absolute atomic E-state index is 12.4. The Morgan fingerprint density at radius 1 is 1.00 bits per heavy atom. The molecule has 0 aliphatic rings. The summed E-state index contributed by atoms with van der Waals surface area (Å²) in [5, 5.41) is 2.90. The number of hydrogen-bond acceptors (Lipinski definition) is 4. The Morgan fingerprint density at radius 2 is 1.61 bits per heavy atom. The highest BCUT2D eigenvalue weighted by atomic mass is 79.9. The van der Waals surface area contributed by atoms with Crippen LogP contribution in [0.25, 0.3) is 0 Å². The van der Waals surface area contributed by atoms with Crippen molar-refractivity contribution < 1.29 is 17.9 Å². The molecule has 1 amide bonds. The molecule has 0 aliphatic carbocycles. The molecule has 174 valence electrons. The lowest BCUT2D eigenvalue weighted by atomic mass is 10.1. The molecule has 0 saturated carbocycles. The van der Waals surface area contributed by atoms with Gasteiger partial charge in [0.15, 0.2) is 6.61 Å². The van der Waals surface area contributed by atoms with E-state index < -0.39 is 10.0 Å². The Kier molecular flexibility index (Phi) is 8.15. The van der Waals surface area contributed by atoms with Crippen LogP contribution in [0.2, 0.25) is 0 Å². The lowest BCUT2D eigenvalue weighted by Crippen LogP contribution is -2.31. The third-order valence-electron chi connectivity index (χ3n) is 5.09. The van der Waals surface area contributed by atoms with Crippen molar-refractivity contribution in [3.63, 3.8) is 0 Å². The molecule has 0 saturated heterocycles. The minimum Gasteiger partial charge on any atom is -0.484 e. The second kappa shape index (κ2) is 10.9. The van der Waals surface area contributed by atoms with Gasteiger partial charge in [-0.3, -0.25) is 9.10 Å². The average Bonchev–Trinajstić information content (AvgIpc) is 2.77. The summed E-state index contributed by atoms with van der Waals surface area (Å²) in [5.74, 6) is 0.237. The standard InChI is InChI=1S/C25H27BrN2O4S/c1-18-4-6-20(7-5-18)16-28(33(3,30)31)23-12-14-24(15-13-23)32-17-25(29)27-19(2)21-8-10-22(26)11-9-21/h4-15,19H,16-17H2,1-3H3,(H,27,29)/t19-/m1/s1. The zero-order valence-corrected chi connectivity index (χ0v) is 21.2. The van der Waals surface area contributed by atoms with E-state index in [9.17, 15) is 13.2 Å². The zero-order chi connectivity index (χ0) is 24.0. The number of nitrogens with one attached hydrogen (secondary N) is 1. The second-order valence-electron chi connectivity index (χ2n) is 7.88. The molecular weight excluding hydrogens is 504 g/mol. The molecule has 8 heteroatoms. The molecule has 3 aromatic carbocycles. The lowest BCUT2D eigenvalue weighted by molar-refractivity contribution is -0.123. The van der Waals surface area contributed by atoms with Crippen LogP contribution in [0.1, 0.15) is 29.7 Å². The Morgan fingerprint density at radius 3 is 2.18 bits per heavy atom. The fraction of sp³-hybridized carbons (Fsp3) is 0.240. The first-order valence-corrected chi connectivity index (χ1v) is 13.1. The van der Waals surface area contributed by atoms with E-state index in [1.165, 1.54) is 10.6 Å². The minimum absolute atomic E-state index is 0.140. The molecule has 0 fully saturated rings. The number of hydrogen-bond donors (Lipinski definition) is 1. The number of halogens is 1. The van der Waals surface area contributed by atoms with Gasteiger partial charge in [-0.2, -0.15) is 0 Å². The van der Waals surface area contributed by atoms with Gasteiger partial charge in [0.1, 0.15) is 5.75 Å². The molecule has 0 unspecified atom stereocenters. The number of sulfonamides is 1. The zero-order valence-electron chi connectivity index (χ0n) is 18.8. The van der Waals surface area contributed by atoms with Gasteiger partial charge in [-0.15, -0.1) is 0 Å². The van der Waals surface area contributed by atoms with Crippen molar-refractivity contribution in [2.75, 3.05) is 17.2 Å². The van der Waals surface area contributed by atoms with E-state index in [2.05, 4.69) is 21.2 Å². The number of rotatable bonds is 9. The molecule has 1 N–H and O–H groups in total. The molecule has 0 spiro atoms. The van der Waals surface area contributed by atoms with Crippen molar-refractivity contribution in [2.24, 2.45) is 0 Å². The van der Waals surface area contributed by atoms with Crippen LogP contribution in [-0.2, 0) is 21.4 Å². The topological polar surface area (TPSA) is 75.7 Å². The van der Waals surface area contributed by atoms with Crippen molar-refractivity contribution in [3.05, 3.63) is 94.0 Å². The fourth-order valence-corrected chi connectivity index (χ4v) is 4.39. The number of anilines is 1. The van der Waals surface area contributed by atoms with Crippen molar-refractivity contribution in [1.29, 1.82) is 0 Å². The Balaban J connectivity index is 1.60. The summed E-state index contributed by atoms with van der Waals surface area (Å²) in [6.45, 7) is 3.98. The SMILES string of the molecule is Cc1ccc(CN(c2ccc(OCC(=O)N[C@H](C)c3ccc(Br)cc3)cc2)S(C)(=O)=O)cc1. The smallest absolute Gasteiger partial charge is 0.258 e. The van der Waals surface area contributed by atoms with Crippen molar-refractivity contribution in [2.45, 2.75) is 26.4 Å². The summed E-state index contributed by atoms with van der Waals surface area (Å²) in [5.41, 5.74) is 3.52. The van der Waals surface area contributed by atoms with E-state index in [-0.39, 0.29) is 25.1 Å². The van der Waals surface area contributed by atoms with Gasteiger partial charge in [0.2, 0.25) is 10.0 Å². The fourth-order valence-electron chi connectivity index (χ4n) is 3.23. The van der Waals surface area contributed by atoms with Crippen LogP contribution in [0, 0.1) is 6.92 Å². The van der Waals surface area contributed by atoms with Gasteiger partial charge < -0.3 is 10.1 Å². The summed E-state index contributed by atoms with van der Waals surface area (Å²) in [4.78, 5) is 12.3. The maximum atomic E-state index is 12.4. The molecule has 0 aliphatic heterocycles. The summed E-state index contributed by atoms with van der Waals surface area (Å²) in [6, 6.07) is 22.0. The Bertz CT molecular complexity index is 1180. The molecule has 3 aromatic rings. The third-order valence-corrected chi connectivity index (χ3v) is 6.76. The van der Waals surface area contributed by atoms with Crippen LogP contribution < -0.4 is 14.4 Å². The van der Waals surface area contributed by atoms with Crippen LogP contribution in [0.15, 0.2) is 77.3 Å². The normalized spacial score (nSPS) is 12.1. The van der Waals surface area contributed by atoms with Gasteiger partial charge in [0.05, 0.1) is 24.5 Å². The highest BCUT2D eigenvalue weighted by molar-refractivity contribution is 9.10. The third kappa shape index (κ3) is 7.33. The summed E-state index contributed by atoms with van der Waals surface area (Å²) in [7, 11) is -3.48. The van der Waals surface area contributed by atoms with Gasteiger partial charge in [-0.1, -0.05) is 57.9 Å². The molecule has 0 aromatic heterocycles. The van der Waals surface area contributed by atoms with Crippen LogP contribution >= 0.6 is 15.9 Å². The predicted octanol–water partition coefficient (Wildman–Crippen LogP) is 4.98. The van der Waals surface area contributed by atoms with Crippen LogP contribution in [0.5, 0.6) is 5.75 Å². The first kappa shape index (κ1) is 24.8. The van der Waals surface area contributed by atoms with E-state index in [1.807, 2.05) is 62.4 Å². The second-order valence-corrected chi connectivity index (χ2v) is 10.7. The number of nitrogens with zero attached hydrogens (tertiary/aromatic N) is 1. The van der Waals surface area contributed by atoms with Crippen LogP contribution in [-0.4, -0.2) is 27.2 Å². The number of carbonyl (C=O) groups excluding carboxylic acids is 1. The summed E-state index contributed by atoms with van der Waals surface area (Å²) in [6.07, 6.45) is 1.18. The highest BCUT2D eigenvalue weighted by Crippen LogP contribution is 2.24. The first-order valence-electron chi connectivity index (χ1n) is 10.4. The van der Waals surface area contributed by atoms with E-state index in [0.29, 0.717) is 11.4 Å². The lowest BCUT2D eigenvalue weighted by Gasteiger charge is -2.23. The minimum atomic E-state index is -3.48. The summed E-state index contributed by atoms with van der Waals surface area (Å²) >= 11 is 3.40.